The van der Waals surface area contributed by atoms with E-state index in [9.17, 15) is 9.59 Å². The molecular formula is C29H31FN6O3. The largest absolute Gasteiger partial charge is 0.456 e. The molecular weight excluding hydrogens is 499 g/mol. The van der Waals surface area contributed by atoms with Gasteiger partial charge in [0.15, 0.2) is 0 Å². The number of hydrogen-bond donors (Lipinski definition) is 2. The van der Waals surface area contributed by atoms with Crippen molar-refractivity contribution in [2.24, 2.45) is 5.73 Å². The van der Waals surface area contributed by atoms with E-state index in [2.05, 4.69) is 15.4 Å². The topological polar surface area (TPSA) is 115 Å². The van der Waals surface area contributed by atoms with Crippen LogP contribution in [0.1, 0.15) is 42.3 Å². The van der Waals surface area contributed by atoms with E-state index in [1.54, 1.807) is 71.5 Å². The zero-order chi connectivity index (χ0) is 27.9. The summed E-state index contributed by atoms with van der Waals surface area (Å²) in [5.74, 6) is -0.226. The highest BCUT2D eigenvalue weighted by molar-refractivity contribution is 5.99. The van der Waals surface area contributed by atoms with Crippen molar-refractivity contribution in [1.82, 2.24) is 19.7 Å². The van der Waals surface area contributed by atoms with Crippen LogP contribution in [0.4, 0.5) is 10.1 Å². The number of rotatable bonds is 6. The molecule has 1 saturated heterocycles. The van der Waals surface area contributed by atoms with Crippen molar-refractivity contribution < 1.29 is 18.7 Å². The second kappa shape index (κ2) is 10.1. The Balaban J connectivity index is 1.33. The molecule has 0 radical (unpaired) electrons. The third-order valence-corrected chi connectivity index (χ3v) is 6.69. The van der Waals surface area contributed by atoms with Crippen LogP contribution in [0.2, 0.25) is 0 Å². The highest BCUT2D eigenvalue weighted by atomic mass is 19.1. The highest BCUT2D eigenvalue weighted by Gasteiger charge is 2.28. The van der Waals surface area contributed by atoms with E-state index in [-0.39, 0.29) is 40.9 Å². The number of halogens is 1. The van der Waals surface area contributed by atoms with E-state index >= 15 is 4.39 Å². The Kier molecular flexibility index (Phi) is 6.82. The number of nitrogens with zero attached hydrogens (tertiary/aromatic N) is 4. The van der Waals surface area contributed by atoms with Gasteiger partial charge >= 0.3 is 0 Å². The summed E-state index contributed by atoms with van der Waals surface area (Å²) in [5.41, 5.74) is 7.82. The quantitative estimate of drug-likeness (QED) is 0.382. The molecule has 2 aromatic heterocycles. The molecule has 39 heavy (non-hydrogen) atoms. The summed E-state index contributed by atoms with van der Waals surface area (Å²) in [6, 6.07) is 10.1. The molecule has 1 fully saturated rings. The van der Waals surface area contributed by atoms with Crippen LogP contribution in [0.5, 0.6) is 11.5 Å². The lowest BCUT2D eigenvalue weighted by Gasteiger charge is -2.36. The summed E-state index contributed by atoms with van der Waals surface area (Å²) >= 11 is 0. The monoisotopic (exact) mass is 530 g/mol. The number of ether oxygens (including phenoxy) is 1. The lowest BCUT2D eigenvalue weighted by atomic mass is 10.0. The van der Waals surface area contributed by atoms with Gasteiger partial charge in [0.2, 0.25) is 5.91 Å². The first-order chi connectivity index (χ1) is 18.5. The van der Waals surface area contributed by atoms with E-state index in [1.807, 2.05) is 20.8 Å². The maximum atomic E-state index is 15.3. The second-order valence-corrected chi connectivity index (χ2v) is 10.8. The first-order valence-corrected chi connectivity index (χ1v) is 12.7. The van der Waals surface area contributed by atoms with Crippen molar-refractivity contribution in [3.05, 3.63) is 77.5 Å². The standard InChI is InChI=1S/C29H31FN6O3/c1-17-24(8-6-18(27(17)30)12-26(37)34-21-13-33-36(16-21)29(2,3)4)39-25-9-10-32-23-7-5-19(11-22(23)25)28(38)35-14-20(31)15-35/h5-11,13,16,20H,12,14-15,31H2,1-4H3,(H,34,37). The molecule has 0 unspecified atom stereocenters. The van der Waals surface area contributed by atoms with Gasteiger partial charge < -0.3 is 20.7 Å². The summed E-state index contributed by atoms with van der Waals surface area (Å²) in [7, 11) is 0. The number of anilines is 1. The fraction of sp³-hybridized carbons (Fsp3) is 0.310. The van der Waals surface area contributed by atoms with Gasteiger partial charge in [-0.05, 0) is 63.6 Å². The van der Waals surface area contributed by atoms with Crippen LogP contribution >= 0.6 is 0 Å². The van der Waals surface area contributed by atoms with E-state index in [0.717, 1.165) is 0 Å². The predicted octanol–water partition coefficient (Wildman–Crippen LogP) is 4.39. The zero-order valence-corrected chi connectivity index (χ0v) is 22.4. The van der Waals surface area contributed by atoms with Crippen molar-refractivity contribution in [3.63, 3.8) is 0 Å². The number of nitrogens with two attached hydrogens (primary N) is 1. The SMILES string of the molecule is Cc1c(Oc2ccnc3ccc(C(=O)N4CC(N)C4)cc23)ccc(CC(=O)Nc2cnn(C(C)(C)C)c2)c1F. The number of amides is 2. The van der Waals surface area contributed by atoms with Gasteiger partial charge in [-0.1, -0.05) is 6.07 Å². The van der Waals surface area contributed by atoms with Crippen molar-refractivity contribution in [3.8, 4) is 11.5 Å². The molecule has 0 bridgehead atoms. The summed E-state index contributed by atoms with van der Waals surface area (Å²) in [4.78, 5) is 31.5. The van der Waals surface area contributed by atoms with Crippen LogP contribution in [0, 0.1) is 12.7 Å². The number of likely N-dealkylation sites (tertiary alicyclic amines) is 1. The van der Waals surface area contributed by atoms with Gasteiger partial charge in [0.1, 0.15) is 17.3 Å². The zero-order valence-electron chi connectivity index (χ0n) is 22.4. The molecule has 2 aromatic carbocycles. The van der Waals surface area contributed by atoms with Crippen LogP contribution in [0.15, 0.2) is 55.0 Å². The van der Waals surface area contributed by atoms with Gasteiger partial charge in [-0.25, -0.2) is 4.39 Å². The van der Waals surface area contributed by atoms with Gasteiger partial charge in [0.05, 0.1) is 29.4 Å². The van der Waals surface area contributed by atoms with Gasteiger partial charge in [-0.15, -0.1) is 0 Å². The van der Waals surface area contributed by atoms with Crippen molar-refractivity contribution in [1.29, 1.82) is 0 Å². The molecule has 1 aliphatic heterocycles. The molecule has 1 aliphatic rings. The second-order valence-electron chi connectivity index (χ2n) is 10.8. The Hall–Kier alpha value is -4.31. The Morgan fingerprint density at radius 1 is 1.15 bits per heavy atom. The van der Waals surface area contributed by atoms with E-state index < -0.39 is 5.82 Å². The van der Waals surface area contributed by atoms with Gasteiger partial charge in [0.25, 0.3) is 5.91 Å². The number of pyridine rings is 1. The fourth-order valence-electron chi connectivity index (χ4n) is 4.43. The number of fused-ring (bicyclic) bond motifs is 1. The smallest absolute Gasteiger partial charge is 0.253 e. The van der Waals surface area contributed by atoms with Gasteiger partial charge in [0, 0.05) is 48.0 Å². The van der Waals surface area contributed by atoms with Crippen LogP contribution in [-0.4, -0.2) is 50.6 Å². The van der Waals surface area contributed by atoms with Gasteiger partial charge in [-0.2, -0.15) is 5.10 Å². The minimum Gasteiger partial charge on any atom is -0.456 e. The lowest BCUT2D eigenvalue weighted by molar-refractivity contribution is -0.115. The fourth-order valence-corrected chi connectivity index (χ4v) is 4.43. The van der Waals surface area contributed by atoms with Crippen molar-refractivity contribution in [2.75, 3.05) is 18.4 Å². The minimum atomic E-state index is -0.517. The number of hydrogen-bond acceptors (Lipinski definition) is 6. The predicted molar refractivity (Wildman–Crippen MR) is 146 cm³/mol. The van der Waals surface area contributed by atoms with Crippen LogP contribution in [0.3, 0.4) is 0 Å². The summed E-state index contributed by atoms with van der Waals surface area (Å²) in [6.45, 7) is 8.66. The highest BCUT2D eigenvalue weighted by Crippen LogP contribution is 2.33. The van der Waals surface area contributed by atoms with E-state index in [0.29, 0.717) is 46.7 Å². The number of carbonyl (C=O) groups is 2. The molecule has 3 N–H and O–H groups in total. The van der Waals surface area contributed by atoms with Crippen LogP contribution in [-0.2, 0) is 16.8 Å². The normalized spacial score (nSPS) is 13.8. The molecule has 2 amide bonds. The Labute approximate surface area is 225 Å². The van der Waals surface area contributed by atoms with E-state index in [4.69, 9.17) is 10.5 Å². The number of benzene rings is 2. The number of aromatic nitrogens is 3. The summed E-state index contributed by atoms with van der Waals surface area (Å²) in [5, 5.41) is 7.67. The third-order valence-electron chi connectivity index (χ3n) is 6.69. The summed E-state index contributed by atoms with van der Waals surface area (Å²) in [6.07, 6.45) is 4.77. The van der Waals surface area contributed by atoms with Crippen molar-refractivity contribution >= 4 is 28.4 Å². The summed E-state index contributed by atoms with van der Waals surface area (Å²) < 4.78 is 23.2. The molecule has 0 atom stereocenters. The molecule has 202 valence electrons. The number of nitrogens with one attached hydrogen (secondary N) is 1. The Bertz CT molecular complexity index is 1570. The molecule has 9 nitrogen and oxygen atoms in total. The van der Waals surface area contributed by atoms with Gasteiger partial charge in [-0.3, -0.25) is 19.3 Å². The molecule has 0 saturated carbocycles. The third kappa shape index (κ3) is 5.46. The molecule has 10 heteroatoms. The first-order valence-electron chi connectivity index (χ1n) is 12.7. The molecule has 3 heterocycles. The Morgan fingerprint density at radius 3 is 2.62 bits per heavy atom. The van der Waals surface area contributed by atoms with Crippen molar-refractivity contribution in [2.45, 2.75) is 45.7 Å². The number of carbonyl (C=O) groups excluding carboxylic acids is 2. The Morgan fingerprint density at radius 2 is 1.92 bits per heavy atom. The minimum absolute atomic E-state index is 0.00867. The van der Waals surface area contributed by atoms with Crippen LogP contribution < -0.4 is 15.8 Å². The maximum absolute atomic E-state index is 15.3. The lowest BCUT2D eigenvalue weighted by Crippen LogP contribution is -2.57. The molecule has 4 aromatic rings. The average Bonchev–Trinajstić information content (AvgIpc) is 3.35. The maximum Gasteiger partial charge on any atom is 0.253 e. The molecule has 5 rings (SSSR count). The first kappa shape index (κ1) is 26.3. The molecule has 0 spiro atoms. The van der Waals surface area contributed by atoms with E-state index in [1.165, 1.54) is 0 Å². The average molecular weight is 531 g/mol. The van der Waals surface area contributed by atoms with Crippen LogP contribution in [0.25, 0.3) is 10.9 Å². The molecule has 0 aliphatic carbocycles.